The molecule has 0 spiro atoms. The number of halogens is 1. The Hall–Kier alpha value is -2.86. The van der Waals surface area contributed by atoms with Gasteiger partial charge in [0, 0.05) is 23.4 Å². The predicted octanol–water partition coefficient (Wildman–Crippen LogP) is 6.75. The summed E-state index contributed by atoms with van der Waals surface area (Å²) in [5, 5.41) is 3.31. The van der Waals surface area contributed by atoms with Gasteiger partial charge in [0.15, 0.2) is 5.17 Å². The number of thioether (sulfide) groups is 1. The molecule has 2 aromatic carbocycles. The summed E-state index contributed by atoms with van der Waals surface area (Å²) < 4.78 is 15.2. The number of amides is 1. The number of carbonyl (C=O) groups is 1. The van der Waals surface area contributed by atoms with Crippen LogP contribution in [0.1, 0.15) is 56.4 Å². The Labute approximate surface area is 199 Å². The molecule has 1 N–H and O–H groups in total. The van der Waals surface area contributed by atoms with Crippen molar-refractivity contribution in [2.75, 3.05) is 11.4 Å². The first kappa shape index (κ1) is 23.3. The number of nitrogens with zero attached hydrogens (tertiary/aromatic N) is 2. The summed E-state index contributed by atoms with van der Waals surface area (Å²) in [4.78, 5) is 19.9. The molecule has 1 fully saturated rings. The molecule has 1 amide bonds. The zero-order valence-electron chi connectivity index (χ0n) is 20.0. The molecule has 0 aliphatic carbocycles. The van der Waals surface area contributed by atoms with E-state index in [0.29, 0.717) is 15.6 Å². The summed E-state index contributed by atoms with van der Waals surface area (Å²) in [6.07, 6.45) is 4.83. The van der Waals surface area contributed by atoms with E-state index in [1.54, 1.807) is 12.1 Å². The van der Waals surface area contributed by atoms with Crippen molar-refractivity contribution in [1.82, 2.24) is 5.32 Å². The molecular formula is C27H30FN3OS. The van der Waals surface area contributed by atoms with Gasteiger partial charge >= 0.3 is 0 Å². The zero-order valence-corrected chi connectivity index (χ0v) is 20.9. The third-order valence-electron chi connectivity index (χ3n) is 6.28. The van der Waals surface area contributed by atoms with E-state index >= 15 is 4.39 Å². The van der Waals surface area contributed by atoms with Crippen LogP contribution in [0.15, 0.2) is 46.3 Å². The summed E-state index contributed by atoms with van der Waals surface area (Å²) in [7, 11) is 0. The number of anilines is 1. The minimum atomic E-state index is -0.332. The topological polar surface area (TPSA) is 44.7 Å². The molecule has 4 nitrogen and oxygen atoms in total. The van der Waals surface area contributed by atoms with Crippen molar-refractivity contribution >= 4 is 45.9 Å². The van der Waals surface area contributed by atoms with Crippen LogP contribution < -0.4 is 10.2 Å². The summed E-state index contributed by atoms with van der Waals surface area (Å²) in [5.41, 5.74) is 6.27. The van der Waals surface area contributed by atoms with Crippen LogP contribution >= 0.6 is 11.8 Å². The highest BCUT2D eigenvalue weighted by Gasteiger charge is 2.32. The van der Waals surface area contributed by atoms with Crippen molar-refractivity contribution in [1.29, 1.82) is 0 Å². The van der Waals surface area contributed by atoms with E-state index in [4.69, 9.17) is 0 Å². The van der Waals surface area contributed by atoms with Gasteiger partial charge in [-0.15, -0.1) is 0 Å². The molecule has 0 radical (unpaired) electrons. The molecule has 0 aromatic heterocycles. The highest BCUT2D eigenvalue weighted by Crippen LogP contribution is 2.41. The number of hydrogen-bond acceptors (Lipinski definition) is 4. The normalized spacial score (nSPS) is 19.7. The second kappa shape index (κ2) is 8.82. The molecule has 2 aliphatic heterocycles. The minimum Gasteiger partial charge on any atom is -0.362 e. The molecule has 4 rings (SSSR count). The summed E-state index contributed by atoms with van der Waals surface area (Å²) in [6, 6.07) is 9.36. The Morgan fingerprint density at radius 1 is 1.21 bits per heavy atom. The lowest BCUT2D eigenvalue weighted by molar-refractivity contribution is -0.115. The van der Waals surface area contributed by atoms with E-state index in [-0.39, 0.29) is 17.3 Å². The van der Waals surface area contributed by atoms with Gasteiger partial charge in [0.2, 0.25) is 0 Å². The van der Waals surface area contributed by atoms with Crippen molar-refractivity contribution in [2.24, 2.45) is 4.99 Å². The zero-order chi connectivity index (χ0) is 23.9. The maximum atomic E-state index is 15.2. The number of fused-ring (bicyclic) bond motifs is 1. The summed E-state index contributed by atoms with van der Waals surface area (Å²) in [6.45, 7) is 13.4. The predicted molar refractivity (Wildman–Crippen MR) is 138 cm³/mol. The van der Waals surface area contributed by atoms with E-state index in [2.05, 4.69) is 49.0 Å². The molecule has 0 bridgehead atoms. The lowest BCUT2D eigenvalue weighted by atomic mass is 9.87. The molecule has 0 unspecified atom stereocenters. The molecule has 6 heteroatoms. The first-order valence-electron chi connectivity index (χ1n) is 11.3. The maximum Gasteiger partial charge on any atom is 0.264 e. The lowest BCUT2D eigenvalue weighted by Gasteiger charge is -2.43. The molecule has 0 saturated carbocycles. The number of rotatable bonds is 4. The number of carbonyl (C=O) groups excluding carboxylic acids is 1. The number of aliphatic imine (C=N–C) groups is 1. The first-order valence-corrected chi connectivity index (χ1v) is 12.1. The third-order valence-corrected chi connectivity index (χ3v) is 7.19. The quantitative estimate of drug-likeness (QED) is 0.510. The highest BCUT2D eigenvalue weighted by atomic mass is 32.2. The maximum absolute atomic E-state index is 15.2. The van der Waals surface area contributed by atoms with Crippen LogP contribution in [0, 0.1) is 19.7 Å². The van der Waals surface area contributed by atoms with Gasteiger partial charge in [-0.25, -0.2) is 9.38 Å². The molecule has 2 aliphatic rings. The fourth-order valence-electron chi connectivity index (χ4n) is 4.45. The number of allylic oxidation sites excluding steroid dienone is 1. The summed E-state index contributed by atoms with van der Waals surface area (Å²) >= 11 is 1.24. The second-order valence-corrected chi connectivity index (χ2v) is 10.3. The molecule has 2 heterocycles. The van der Waals surface area contributed by atoms with Gasteiger partial charge in [-0.3, -0.25) is 4.79 Å². The van der Waals surface area contributed by atoms with Crippen molar-refractivity contribution in [3.63, 3.8) is 0 Å². The lowest BCUT2D eigenvalue weighted by Crippen LogP contribution is -2.45. The van der Waals surface area contributed by atoms with Gasteiger partial charge in [0.25, 0.3) is 5.91 Å². The van der Waals surface area contributed by atoms with Gasteiger partial charge in [-0.1, -0.05) is 25.1 Å². The van der Waals surface area contributed by atoms with Crippen LogP contribution in [0.5, 0.6) is 0 Å². The fraction of sp³-hybridized carbons (Fsp3) is 0.333. The SMILES string of the molecule is CCCN1c2cc(F)c(/C=C3/SC(=Nc4cccc(C)c4C)NC3=O)cc2C(C)=CC1(C)C. The smallest absolute Gasteiger partial charge is 0.264 e. The Kier molecular flexibility index (Phi) is 6.23. The van der Waals surface area contributed by atoms with Crippen LogP contribution in [0.4, 0.5) is 15.8 Å². The van der Waals surface area contributed by atoms with Gasteiger partial charge in [-0.05, 0) is 93.8 Å². The minimum absolute atomic E-state index is 0.181. The van der Waals surface area contributed by atoms with Gasteiger partial charge in [0.05, 0.1) is 16.1 Å². The molecule has 172 valence electrons. The Morgan fingerprint density at radius 3 is 2.70 bits per heavy atom. The molecule has 1 saturated heterocycles. The first-order chi connectivity index (χ1) is 15.6. The van der Waals surface area contributed by atoms with Crippen molar-refractivity contribution in [2.45, 2.75) is 53.5 Å². The van der Waals surface area contributed by atoms with Crippen LogP contribution in [0.3, 0.4) is 0 Å². The van der Waals surface area contributed by atoms with Crippen molar-refractivity contribution < 1.29 is 9.18 Å². The average molecular weight is 464 g/mol. The van der Waals surface area contributed by atoms with Gasteiger partial charge in [-0.2, -0.15) is 0 Å². The Bertz CT molecular complexity index is 1230. The van der Waals surface area contributed by atoms with Crippen LogP contribution in [0.25, 0.3) is 11.6 Å². The number of aryl methyl sites for hydroxylation is 1. The second-order valence-electron chi connectivity index (χ2n) is 9.22. The van der Waals surface area contributed by atoms with Crippen LogP contribution in [0.2, 0.25) is 0 Å². The van der Waals surface area contributed by atoms with E-state index < -0.39 is 0 Å². The van der Waals surface area contributed by atoms with Gasteiger partial charge < -0.3 is 10.2 Å². The van der Waals surface area contributed by atoms with E-state index in [9.17, 15) is 4.79 Å². The van der Waals surface area contributed by atoms with E-state index in [1.807, 2.05) is 38.1 Å². The van der Waals surface area contributed by atoms with Crippen LogP contribution in [-0.4, -0.2) is 23.2 Å². The van der Waals surface area contributed by atoms with Crippen molar-refractivity contribution in [3.05, 3.63) is 69.4 Å². The van der Waals surface area contributed by atoms with Crippen LogP contribution in [-0.2, 0) is 4.79 Å². The third kappa shape index (κ3) is 4.49. The summed E-state index contributed by atoms with van der Waals surface area (Å²) in [5.74, 6) is -0.594. The monoisotopic (exact) mass is 463 g/mol. The fourth-order valence-corrected chi connectivity index (χ4v) is 5.27. The average Bonchev–Trinajstić information content (AvgIpc) is 3.08. The molecule has 2 aromatic rings. The van der Waals surface area contributed by atoms with E-state index in [1.165, 1.54) is 11.8 Å². The number of nitrogens with one attached hydrogen (secondary N) is 1. The number of amidine groups is 1. The Balaban J connectivity index is 1.69. The van der Waals surface area contributed by atoms with Gasteiger partial charge in [0.1, 0.15) is 5.82 Å². The molecule has 0 atom stereocenters. The van der Waals surface area contributed by atoms with E-state index in [0.717, 1.165) is 46.6 Å². The molecule has 33 heavy (non-hydrogen) atoms. The number of benzene rings is 2. The highest BCUT2D eigenvalue weighted by molar-refractivity contribution is 8.18. The largest absolute Gasteiger partial charge is 0.362 e. The standard InChI is InChI=1S/C27H30FN3OS/c1-7-11-31-23-14-21(28)19(12-20(23)17(3)15-27(31,5)6)13-24-25(32)30-26(33-24)29-22-10-8-9-16(2)18(22)4/h8-10,12-15H,7,11H2,1-6H3,(H,29,30,32)/b24-13+. The number of hydrogen-bond donors (Lipinski definition) is 1. The molecular weight excluding hydrogens is 433 g/mol. The Morgan fingerprint density at radius 2 is 1.97 bits per heavy atom. The van der Waals surface area contributed by atoms with Crippen molar-refractivity contribution in [3.8, 4) is 0 Å².